The van der Waals surface area contributed by atoms with E-state index in [1.807, 2.05) is 63.2 Å². The van der Waals surface area contributed by atoms with Crippen LogP contribution < -0.4 is 9.46 Å². The van der Waals surface area contributed by atoms with Gasteiger partial charge in [0.2, 0.25) is 5.91 Å². The van der Waals surface area contributed by atoms with Gasteiger partial charge in [0.05, 0.1) is 6.42 Å². The van der Waals surface area contributed by atoms with Gasteiger partial charge in [-0.1, -0.05) is 30.3 Å². The van der Waals surface area contributed by atoms with Crippen LogP contribution in [0, 0.1) is 20.8 Å². The van der Waals surface area contributed by atoms with Crippen molar-refractivity contribution in [1.29, 1.82) is 0 Å². The number of rotatable bonds is 6. The van der Waals surface area contributed by atoms with Crippen LogP contribution in [0.15, 0.2) is 65.6 Å². The Kier molecular flexibility index (Phi) is 6.26. The van der Waals surface area contributed by atoms with E-state index in [0.29, 0.717) is 12.2 Å². The first-order valence-electron chi connectivity index (χ1n) is 9.00. The van der Waals surface area contributed by atoms with Gasteiger partial charge in [-0.2, -0.15) is 0 Å². The van der Waals surface area contributed by atoms with Crippen molar-refractivity contribution in [3.63, 3.8) is 0 Å². The first kappa shape index (κ1) is 19.8. The summed E-state index contributed by atoms with van der Waals surface area (Å²) in [6, 6.07) is 18.8. The molecule has 2 N–H and O–H groups in total. The van der Waals surface area contributed by atoms with E-state index in [-0.39, 0.29) is 11.7 Å². The monoisotopic (exact) mass is 393 g/mol. The molecule has 4 nitrogen and oxygen atoms in total. The number of phenols is 1. The third kappa shape index (κ3) is 5.08. The predicted octanol–water partition coefficient (Wildman–Crippen LogP) is 5.48. The van der Waals surface area contributed by atoms with E-state index in [0.717, 1.165) is 32.9 Å². The molecule has 0 unspecified atom stereocenters. The predicted molar refractivity (Wildman–Crippen MR) is 113 cm³/mol. The maximum Gasteiger partial charge on any atom is 0.234 e. The molecule has 0 saturated carbocycles. The van der Waals surface area contributed by atoms with Crippen molar-refractivity contribution in [3.8, 4) is 17.2 Å². The Hall–Kier alpha value is -2.92. The second kappa shape index (κ2) is 8.85. The topological polar surface area (TPSA) is 58.6 Å². The Morgan fingerprint density at radius 3 is 2.29 bits per heavy atom. The number of aryl methyl sites for hydroxylation is 3. The summed E-state index contributed by atoms with van der Waals surface area (Å²) in [7, 11) is 0. The molecule has 0 aromatic heterocycles. The van der Waals surface area contributed by atoms with Gasteiger partial charge in [0, 0.05) is 4.90 Å². The number of ether oxygens (including phenoxy) is 1. The molecule has 3 aromatic carbocycles. The summed E-state index contributed by atoms with van der Waals surface area (Å²) in [5.41, 5.74) is 3.63. The lowest BCUT2D eigenvalue weighted by molar-refractivity contribution is -0.118. The molecule has 0 saturated heterocycles. The Morgan fingerprint density at radius 2 is 1.64 bits per heavy atom. The lowest BCUT2D eigenvalue weighted by Crippen LogP contribution is -2.18. The van der Waals surface area contributed by atoms with Crippen molar-refractivity contribution in [2.24, 2.45) is 0 Å². The number of aromatic hydroxyl groups is 1. The molecule has 0 aliphatic carbocycles. The van der Waals surface area contributed by atoms with Crippen LogP contribution in [0.3, 0.4) is 0 Å². The van der Waals surface area contributed by atoms with Crippen LogP contribution in [0.1, 0.15) is 22.3 Å². The van der Waals surface area contributed by atoms with Gasteiger partial charge < -0.3 is 9.84 Å². The van der Waals surface area contributed by atoms with Crippen molar-refractivity contribution in [1.82, 2.24) is 4.72 Å². The molecule has 3 rings (SSSR count). The molecule has 0 atom stereocenters. The minimum absolute atomic E-state index is 0.0459. The van der Waals surface area contributed by atoms with Gasteiger partial charge in [0.1, 0.15) is 17.2 Å². The molecular weight excluding hydrogens is 370 g/mol. The molecule has 144 valence electrons. The van der Waals surface area contributed by atoms with Crippen molar-refractivity contribution in [2.75, 3.05) is 0 Å². The number of benzene rings is 3. The number of carbonyl (C=O) groups excluding carboxylic acids is 1. The van der Waals surface area contributed by atoms with E-state index < -0.39 is 0 Å². The first-order valence-corrected chi connectivity index (χ1v) is 9.82. The normalized spacial score (nSPS) is 10.5. The van der Waals surface area contributed by atoms with Gasteiger partial charge in [0.25, 0.3) is 0 Å². The largest absolute Gasteiger partial charge is 0.508 e. The van der Waals surface area contributed by atoms with Crippen LogP contribution in [-0.2, 0) is 11.2 Å². The molecule has 0 spiro atoms. The Balaban J connectivity index is 1.67. The van der Waals surface area contributed by atoms with Gasteiger partial charge in [-0.25, -0.2) is 0 Å². The molecule has 0 aliphatic heterocycles. The molecule has 0 radical (unpaired) electrons. The van der Waals surface area contributed by atoms with Gasteiger partial charge in [-0.15, -0.1) is 0 Å². The molecule has 1 amide bonds. The first-order chi connectivity index (χ1) is 13.4. The Morgan fingerprint density at radius 1 is 0.964 bits per heavy atom. The lowest BCUT2D eigenvalue weighted by atomic mass is 10.0. The number of hydrogen-bond donors (Lipinski definition) is 2. The van der Waals surface area contributed by atoms with Crippen LogP contribution in [0.4, 0.5) is 0 Å². The third-order valence-electron chi connectivity index (χ3n) is 4.30. The van der Waals surface area contributed by atoms with Gasteiger partial charge >= 0.3 is 0 Å². The number of phenolic OH excluding ortho intramolecular Hbond substituents is 1. The zero-order chi connectivity index (χ0) is 20.1. The SMILES string of the molecule is Cc1cc(Oc2c(C)cc(CC(=O)NSc3ccccc3)cc2C)ccc1O. The highest BCUT2D eigenvalue weighted by Crippen LogP contribution is 2.32. The van der Waals surface area contributed by atoms with Crippen molar-refractivity contribution in [3.05, 3.63) is 82.9 Å². The molecule has 28 heavy (non-hydrogen) atoms. The number of amides is 1. The molecular formula is C23H23NO3S. The summed E-state index contributed by atoms with van der Waals surface area (Å²) >= 11 is 1.32. The molecule has 3 aromatic rings. The fourth-order valence-electron chi connectivity index (χ4n) is 2.94. The summed E-state index contributed by atoms with van der Waals surface area (Å²) in [5, 5.41) is 9.66. The van der Waals surface area contributed by atoms with E-state index in [2.05, 4.69) is 4.72 Å². The fourth-order valence-corrected chi connectivity index (χ4v) is 3.54. The number of carbonyl (C=O) groups is 1. The minimum atomic E-state index is -0.0459. The summed E-state index contributed by atoms with van der Waals surface area (Å²) in [6.45, 7) is 5.77. The van der Waals surface area contributed by atoms with E-state index >= 15 is 0 Å². The van der Waals surface area contributed by atoms with Crippen LogP contribution in [0.25, 0.3) is 0 Å². The molecule has 0 fully saturated rings. The van der Waals surface area contributed by atoms with Crippen LogP contribution in [0.2, 0.25) is 0 Å². The van der Waals surface area contributed by atoms with Gasteiger partial charge in [-0.05, 0) is 85.3 Å². The quantitative estimate of drug-likeness (QED) is 0.545. The zero-order valence-corrected chi connectivity index (χ0v) is 17.0. The molecule has 0 heterocycles. The van der Waals surface area contributed by atoms with Gasteiger partial charge in [-0.3, -0.25) is 9.52 Å². The standard InChI is InChI=1S/C23H23NO3S/c1-15-13-19(9-10-21(15)25)27-23-16(2)11-18(12-17(23)3)14-22(26)24-28-20-7-5-4-6-8-20/h4-13,25H,14H2,1-3H3,(H,24,26). The Bertz CT molecular complexity index is 963. The Labute approximate surface area is 169 Å². The summed E-state index contributed by atoms with van der Waals surface area (Å²) < 4.78 is 8.90. The second-order valence-corrected chi connectivity index (χ2v) is 7.61. The van der Waals surface area contributed by atoms with E-state index in [1.165, 1.54) is 11.9 Å². The molecule has 0 aliphatic rings. The summed E-state index contributed by atoms with van der Waals surface area (Å²) in [5.74, 6) is 1.64. The zero-order valence-electron chi connectivity index (χ0n) is 16.2. The number of hydrogen-bond acceptors (Lipinski definition) is 4. The van der Waals surface area contributed by atoms with Crippen LogP contribution >= 0.6 is 11.9 Å². The van der Waals surface area contributed by atoms with Crippen LogP contribution in [-0.4, -0.2) is 11.0 Å². The second-order valence-electron chi connectivity index (χ2n) is 6.73. The maximum atomic E-state index is 12.3. The highest BCUT2D eigenvalue weighted by atomic mass is 32.2. The van der Waals surface area contributed by atoms with Gasteiger partial charge in [0.15, 0.2) is 0 Å². The van der Waals surface area contributed by atoms with Crippen molar-refractivity contribution < 1.29 is 14.6 Å². The maximum absolute atomic E-state index is 12.3. The molecule has 0 bridgehead atoms. The number of nitrogens with one attached hydrogen (secondary N) is 1. The average Bonchev–Trinajstić information content (AvgIpc) is 2.67. The van der Waals surface area contributed by atoms with E-state index in [9.17, 15) is 9.90 Å². The summed E-state index contributed by atoms with van der Waals surface area (Å²) in [6.07, 6.45) is 0.306. The van der Waals surface area contributed by atoms with E-state index in [4.69, 9.17) is 4.74 Å². The molecule has 5 heteroatoms. The van der Waals surface area contributed by atoms with E-state index in [1.54, 1.807) is 18.2 Å². The fraction of sp³-hybridized carbons (Fsp3) is 0.174. The van der Waals surface area contributed by atoms with Crippen molar-refractivity contribution in [2.45, 2.75) is 32.1 Å². The third-order valence-corrected chi connectivity index (χ3v) is 5.14. The minimum Gasteiger partial charge on any atom is -0.508 e. The summed E-state index contributed by atoms with van der Waals surface area (Å²) in [4.78, 5) is 13.3. The van der Waals surface area contributed by atoms with Crippen molar-refractivity contribution >= 4 is 17.9 Å². The lowest BCUT2D eigenvalue weighted by Gasteiger charge is -2.14. The highest BCUT2D eigenvalue weighted by Gasteiger charge is 2.11. The smallest absolute Gasteiger partial charge is 0.234 e. The average molecular weight is 394 g/mol. The van der Waals surface area contributed by atoms with Crippen LogP contribution in [0.5, 0.6) is 17.2 Å². The highest BCUT2D eigenvalue weighted by molar-refractivity contribution is 7.98.